The lowest BCUT2D eigenvalue weighted by molar-refractivity contribution is -0.885. The summed E-state index contributed by atoms with van der Waals surface area (Å²) in [5, 5.41) is 0. The summed E-state index contributed by atoms with van der Waals surface area (Å²) in [5.41, 5.74) is 2.06. The van der Waals surface area contributed by atoms with Crippen LogP contribution in [0.3, 0.4) is 0 Å². The molecule has 27 heavy (non-hydrogen) atoms. The molecule has 2 aromatic carbocycles. The van der Waals surface area contributed by atoms with Crippen molar-refractivity contribution in [2.24, 2.45) is 0 Å². The van der Waals surface area contributed by atoms with E-state index in [1.807, 2.05) is 42.3 Å². The Hall–Kier alpha value is -2.60. The quantitative estimate of drug-likeness (QED) is 0.828. The lowest BCUT2D eigenvalue weighted by Crippen LogP contribution is -3.09. The molecule has 1 atom stereocenters. The van der Waals surface area contributed by atoms with Gasteiger partial charge in [0.1, 0.15) is 18.1 Å². The number of rotatable bonds is 6. The Balaban J connectivity index is 1.47. The van der Waals surface area contributed by atoms with E-state index in [1.54, 1.807) is 13.2 Å². The van der Waals surface area contributed by atoms with Gasteiger partial charge in [-0.25, -0.2) is 4.39 Å². The summed E-state index contributed by atoms with van der Waals surface area (Å²) in [4.78, 5) is 17.9. The number of likely N-dealkylation sites (N-methyl/N-ethyl adjacent to an activating group) is 1. The number of piperazine rings is 1. The van der Waals surface area contributed by atoms with Gasteiger partial charge < -0.3 is 19.4 Å². The first-order valence-corrected chi connectivity index (χ1v) is 9.27. The minimum Gasteiger partial charge on any atom is -0.497 e. The molecular weight excluding hydrogens is 345 g/mol. The minimum absolute atomic E-state index is 0.151. The number of anilines is 1. The molecule has 5 nitrogen and oxygen atoms in total. The van der Waals surface area contributed by atoms with E-state index >= 15 is 0 Å². The number of amides is 1. The molecule has 6 heteroatoms. The first kappa shape index (κ1) is 19.2. The monoisotopic (exact) mass is 372 g/mol. The predicted octanol–water partition coefficient (Wildman–Crippen LogP) is 1.20. The van der Waals surface area contributed by atoms with Crippen LogP contribution in [-0.2, 0) is 11.3 Å². The van der Waals surface area contributed by atoms with Gasteiger partial charge >= 0.3 is 0 Å². The van der Waals surface area contributed by atoms with Crippen LogP contribution in [-0.4, -0.2) is 57.7 Å². The van der Waals surface area contributed by atoms with Crippen molar-refractivity contribution in [1.82, 2.24) is 4.90 Å². The molecular formula is C21H27FN3O2+. The van der Waals surface area contributed by atoms with Gasteiger partial charge in [0.05, 0.1) is 14.2 Å². The fourth-order valence-corrected chi connectivity index (χ4v) is 3.43. The topological polar surface area (TPSA) is 37.2 Å². The van der Waals surface area contributed by atoms with E-state index in [1.165, 1.54) is 12.1 Å². The number of carbonyl (C=O) groups is 1. The van der Waals surface area contributed by atoms with Gasteiger partial charge in [0.2, 0.25) is 0 Å². The van der Waals surface area contributed by atoms with Crippen molar-refractivity contribution in [2.75, 3.05) is 51.8 Å². The number of nitrogens with zero attached hydrogens (tertiary/aromatic N) is 2. The molecule has 3 rings (SSSR count). The van der Waals surface area contributed by atoms with Crippen LogP contribution in [0.25, 0.3) is 0 Å². The number of halogens is 1. The maximum atomic E-state index is 13.3. The summed E-state index contributed by atoms with van der Waals surface area (Å²) in [6.45, 7) is 4.13. The van der Waals surface area contributed by atoms with Crippen LogP contribution in [0, 0.1) is 5.82 Å². The molecule has 1 aliphatic rings. The normalized spacial score (nSPS) is 15.5. The summed E-state index contributed by atoms with van der Waals surface area (Å²) in [5.74, 6) is 0.761. The van der Waals surface area contributed by atoms with Crippen LogP contribution in [0.4, 0.5) is 10.1 Å². The van der Waals surface area contributed by atoms with Crippen LogP contribution in [0.1, 0.15) is 5.56 Å². The van der Waals surface area contributed by atoms with Crippen LogP contribution < -0.4 is 14.5 Å². The number of benzene rings is 2. The highest BCUT2D eigenvalue weighted by Gasteiger charge is 2.23. The third-order valence-corrected chi connectivity index (χ3v) is 4.92. The maximum absolute atomic E-state index is 13.3. The summed E-state index contributed by atoms with van der Waals surface area (Å²) in [6, 6.07) is 14.6. The minimum atomic E-state index is -0.235. The van der Waals surface area contributed by atoms with Gasteiger partial charge in [-0.15, -0.1) is 0 Å². The Morgan fingerprint density at radius 3 is 2.44 bits per heavy atom. The van der Waals surface area contributed by atoms with E-state index in [9.17, 15) is 9.18 Å². The fraction of sp³-hybridized carbons (Fsp3) is 0.381. The third-order valence-electron chi connectivity index (χ3n) is 4.92. The van der Waals surface area contributed by atoms with Crippen molar-refractivity contribution in [3.8, 4) is 5.75 Å². The molecule has 0 radical (unpaired) electrons. The zero-order valence-corrected chi connectivity index (χ0v) is 16.0. The van der Waals surface area contributed by atoms with Gasteiger partial charge in [-0.1, -0.05) is 12.1 Å². The second kappa shape index (κ2) is 8.86. The van der Waals surface area contributed by atoms with Crippen LogP contribution in [0.15, 0.2) is 48.5 Å². The number of carbonyl (C=O) groups excluding carboxylic acids is 1. The SMILES string of the molecule is COc1ccc(N2CCN(C(=O)C[NH+](C)Cc3cccc(F)c3)CC2)cc1. The highest BCUT2D eigenvalue weighted by molar-refractivity contribution is 5.77. The van der Waals surface area contributed by atoms with E-state index < -0.39 is 0 Å². The summed E-state index contributed by atoms with van der Waals surface area (Å²) >= 11 is 0. The molecule has 144 valence electrons. The Morgan fingerprint density at radius 1 is 1.11 bits per heavy atom. The molecule has 1 fully saturated rings. The Morgan fingerprint density at radius 2 is 1.81 bits per heavy atom. The first-order valence-electron chi connectivity index (χ1n) is 9.27. The molecule has 0 aliphatic carbocycles. The number of methoxy groups -OCH3 is 1. The first-order chi connectivity index (χ1) is 13.0. The van der Waals surface area contributed by atoms with Crippen LogP contribution >= 0.6 is 0 Å². The van der Waals surface area contributed by atoms with Gasteiger partial charge in [0.15, 0.2) is 6.54 Å². The highest BCUT2D eigenvalue weighted by atomic mass is 19.1. The van der Waals surface area contributed by atoms with E-state index in [0.29, 0.717) is 13.1 Å². The van der Waals surface area contributed by atoms with Crippen molar-refractivity contribution in [1.29, 1.82) is 0 Å². The average molecular weight is 372 g/mol. The molecule has 1 N–H and O–H groups in total. The smallest absolute Gasteiger partial charge is 0.277 e. The van der Waals surface area contributed by atoms with Crippen LogP contribution in [0.5, 0.6) is 5.75 Å². The Labute approximate surface area is 159 Å². The highest BCUT2D eigenvalue weighted by Crippen LogP contribution is 2.20. The Bertz CT molecular complexity index is 758. The van der Waals surface area contributed by atoms with Gasteiger partial charge in [-0.05, 0) is 36.4 Å². The van der Waals surface area contributed by atoms with Crippen molar-refractivity contribution < 1.29 is 18.8 Å². The van der Waals surface area contributed by atoms with E-state index in [2.05, 4.69) is 4.90 Å². The van der Waals surface area contributed by atoms with E-state index in [-0.39, 0.29) is 11.7 Å². The summed E-state index contributed by atoms with van der Waals surface area (Å²) in [7, 11) is 3.63. The standard InChI is InChI=1S/C21H26FN3O2/c1-23(15-17-4-3-5-18(22)14-17)16-21(26)25-12-10-24(11-13-25)19-6-8-20(27-2)9-7-19/h3-9,14H,10-13,15-16H2,1-2H3/p+1. The lowest BCUT2D eigenvalue weighted by Gasteiger charge is -2.36. The molecule has 1 unspecified atom stereocenters. The van der Waals surface area contributed by atoms with Crippen molar-refractivity contribution in [3.05, 3.63) is 59.9 Å². The van der Waals surface area contributed by atoms with Gasteiger partial charge in [0, 0.05) is 37.4 Å². The summed E-state index contributed by atoms with van der Waals surface area (Å²) in [6.07, 6.45) is 0. The second-order valence-electron chi connectivity index (χ2n) is 7.01. The molecule has 0 saturated carbocycles. The number of hydrogen-bond acceptors (Lipinski definition) is 3. The molecule has 1 saturated heterocycles. The summed E-state index contributed by atoms with van der Waals surface area (Å²) < 4.78 is 18.5. The van der Waals surface area contributed by atoms with Crippen molar-refractivity contribution in [2.45, 2.75) is 6.54 Å². The van der Waals surface area contributed by atoms with Crippen LogP contribution in [0.2, 0.25) is 0 Å². The van der Waals surface area contributed by atoms with E-state index in [0.717, 1.165) is 48.1 Å². The number of nitrogens with one attached hydrogen (secondary N) is 1. The van der Waals surface area contributed by atoms with Gasteiger partial charge in [-0.2, -0.15) is 0 Å². The molecule has 2 aromatic rings. The predicted molar refractivity (Wildman–Crippen MR) is 104 cm³/mol. The zero-order chi connectivity index (χ0) is 19.2. The van der Waals surface area contributed by atoms with E-state index in [4.69, 9.17) is 4.74 Å². The zero-order valence-electron chi connectivity index (χ0n) is 16.0. The lowest BCUT2D eigenvalue weighted by atomic mass is 10.2. The molecule has 0 aromatic heterocycles. The fourth-order valence-electron chi connectivity index (χ4n) is 3.43. The van der Waals surface area contributed by atoms with Crippen molar-refractivity contribution >= 4 is 11.6 Å². The van der Waals surface area contributed by atoms with Gasteiger partial charge in [0.25, 0.3) is 5.91 Å². The molecule has 1 amide bonds. The number of quaternary nitrogens is 1. The number of hydrogen-bond donors (Lipinski definition) is 1. The average Bonchev–Trinajstić information content (AvgIpc) is 2.68. The van der Waals surface area contributed by atoms with Gasteiger partial charge in [-0.3, -0.25) is 4.79 Å². The largest absolute Gasteiger partial charge is 0.497 e. The third kappa shape index (κ3) is 5.20. The molecule has 0 spiro atoms. The Kier molecular flexibility index (Phi) is 6.29. The molecule has 1 heterocycles. The number of ether oxygens (including phenoxy) is 1. The molecule has 1 aliphatic heterocycles. The molecule has 0 bridgehead atoms. The van der Waals surface area contributed by atoms with Crippen molar-refractivity contribution in [3.63, 3.8) is 0 Å². The second-order valence-corrected chi connectivity index (χ2v) is 7.01. The maximum Gasteiger partial charge on any atom is 0.277 e.